The van der Waals surface area contributed by atoms with Crippen LogP contribution in [0.3, 0.4) is 0 Å². The van der Waals surface area contributed by atoms with E-state index in [9.17, 15) is 4.79 Å². The third kappa shape index (κ3) is 3.95. The van der Waals surface area contributed by atoms with Gasteiger partial charge >= 0.3 is 0 Å². The van der Waals surface area contributed by atoms with Gasteiger partial charge in [0.2, 0.25) is 0 Å². The normalized spacial score (nSPS) is 7.50. The van der Waals surface area contributed by atoms with E-state index in [1.54, 1.807) is 0 Å². The van der Waals surface area contributed by atoms with Gasteiger partial charge in [0, 0.05) is 5.33 Å². The van der Waals surface area contributed by atoms with Crippen molar-refractivity contribution < 1.29 is 9.53 Å². The predicted molar refractivity (Wildman–Crippen MR) is 25.8 cm³/mol. The number of hydrogen-bond donors (Lipinski definition) is 0. The summed E-state index contributed by atoms with van der Waals surface area (Å²) in [6.07, 6.45) is 0. The van der Waals surface area contributed by atoms with Crippen molar-refractivity contribution in [2.24, 2.45) is 0 Å². The van der Waals surface area contributed by atoms with Gasteiger partial charge in [-0.1, -0.05) is 15.9 Å². The van der Waals surface area contributed by atoms with Gasteiger partial charge in [0.05, 0.1) is 0 Å². The van der Waals surface area contributed by atoms with Gasteiger partial charge in [0.15, 0.2) is 0 Å². The van der Waals surface area contributed by atoms with Gasteiger partial charge < -0.3 is 4.74 Å². The maximum Gasteiger partial charge on any atom is 0.293 e. The van der Waals surface area contributed by atoms with Crippen molar-refractivity contribution in [3.8, 4) is 0 Å². The molecule has 0 aromatic heterocycles. The summed E-state index contributed by atoms with van der Waals surface area (Å²) in [7, 11) is 0. The van der Waals surface area contributed by atoms with Gasteiger partial charge in [-0.3, -0.25) is 4.79 Å². The van der Waals surface area contributed by atoms with Crippen LogP contribution in [0.1, 0.15) is 0 Å². The fourth-order valence-electron chi connectivity index (χ4n) is 0.0927. The molecule has 6 heavy (non-hydrogen) atoms. The quantitative estimate of drug-likeness (QED) is 0.336. The highest BCUT2D eigenvalue weighted by atomic mass is 79.9. The van der Waals surface area contributed by atoms with Crippen LogP contribution in [0.25, 0.3) is 0 Å². The van der Waals surface area contributed by atoms with Gasteiger partial charge in [-0.05, 0) is 0 Å². The molecule has 0 aromatic carbocycles. The molecule has 0 fully saturated rings. The Balaban J connectivity index is 2.49. The second kappa shape index (κ2) is 4.95. The van der Waals surface area contributed by atoms with Crippen molar-refractivity contribution in [3.63, 3.8) is 0 Å². The van der Waals surface area contributed by atoms with E-state index in [2.05, 4.69) is 20.7 Å². The largest absolute Gasteiger partial charge is 0.467 e. The second-order valence-electron chi connectivity index (χ2n) is 0.656. The minimum absolute atomic E-state index is 0.432. The molecule has 0 aliphatic carbocycles. The number of hydrogen-bond acceptors (Lipinski definition) is 2. The average molecular weight is 153 g/mol. The van der Waals surface area contributed by atoms with E-state index in [1.165, 1.54) is 0 Å². The zero-order chi connectivity index (χ0) is 4.83. The highest BCUT2D eigenvalue weighted by Gasteiger charge is 1.73. The van der Waals surface area contributed by atoms with E-state index in [1.807, 2.05) is 0 Å². The SMILES string of the molecule is O=COCCBr. The molecule has 0 bridgehead atoms. The second-order valence-corrected chi connectivity index (χ2v) is 1.45. The van der Waals surface area contributed by atoms with Crippen LogP contribution in [0.2, 0.25) is 0 Å². The highest BCUT2D eigenvalue weighted by Crippen LogP contribution is 1.76. The van der Waals surface area contributed by atoms with Gasteiger partial charge in [-0.25, -0.2) is 0 Å². The molecule has 36 valence electrons. The Morgan fingerprint density at radius 1 is 1.83 bits per heavy atom. The Morgan fingerprint density at radius 2 is 2.50 bits per heavy atom. The molecule has 0 spiro atoms. The summed E-state index contributed by atoms with van der Waals surface area (Å²) in [4.78, 5) is 9.32. The van der Waals surface area contributed by atoms with Crippen LogP contribution in [0.4, 0.5) is 0 Å². The summed E-state index contributed by atoms with van der Waals surface area (Å²) in [6.45, 7) is 0.894. The maximum absolute atomic E-state index is 9.32. The van der Waals surface area contributed by atoms with E-state index in [0.717, 1.165) is 0 Å². The molecule has 0 rings (SSSR count). The first-order valence-electron chi connectivity index (χ1n) is 1.53. The molecule has 0 aliphatic rings. The van der Waals surface area contributed by atoms with Crippen molar-refractivity contribution in [2.45, 2.75) is 0 Å². The lowest BCUT2D eigenvalue weighted by Gasteiger charge is -1.85. The molecule has 0 heterocycles. The molecule has 0 atom stereocenters. The molecule has 0 unspecified atom stereocenters. The van der Waals surface area contributed by atoms with Crippen LogP contribution < -0.4 is 0 Å². The first-order valence-corrected chi connectivity index (χ1v) is 2.65. The third-order valence-corrected chi connectivity index (χ3v) is 0.587. The lowest BCUT2D eigenvalue weighted by atomic mass is 10.9. The van der Waals surface area contributed by atoms with Gasteiger partial charge in [-0.2, -0.15) is 0 Å². The lowest BCUT2D eigenvalue weighted by Crippen LogP contribution is -1.89. The number of halogens is 1. The number of alkyl halides is 1. The molecule has 0 amide bonds. The monoisotopic (exact) mass is 152 g/mol. The van der Waals surface area contributed by atoms with E-state index in [4.69, 9.17) is 0 Å². The Labute approximate surface area is 44.6 Å². The Morgan fingerprint density at radius 3 is 2.67 bits per heavy atom. The van der Waals surface area contributed by atoms with Crippen molar-refractivity contribution in [2.75, 3.05) is 11.9 Å². The smallest absolute Gasteiger partial charge is 0.293 e. The van der Waals surface area contributed by atoms with Crippen LogP contribution in [-0.4, -0.2) is 18.4 Å². The lowest BCUT2D eigenvalue weighted by molar-refractivity contribution is -0.128. The maximum atomic E-state index is 9.32. The van der Waals surface area contributed by atoms with Gasteiger partial charge in [0.25, 0.3) is 6.47 Å². The van der Waals surface area contributed by atoms with Crippen LogP contribution in [0.5, 0.6) is 0 Å². The molecule has 0 N–H and O–H groups in total. The first-order chi connectivity index (χ1) is 2.91. The summed E-state index contributed by atoms with van der Waals surface area (Å²) in [5, 5.41) is 0.714. The standard InChI is InChI=1S/C3H5BrO2/c4-1-2-6-3-5/h3H,1-2H2. The first kappa shape index (κ1) is 5.95. The topological polar surface area (TPSA) is 26.3 Å². The van der Waals surface area contributed by atoms with Gasteiger partial charge in [0.1, 0.15) is 6.61 Å². The number of carbonyl (C=O) groups excluding carboxylic acids is 1. The molecule has 0 saturated heterocycles. The van der Waals surface area contributed by atoms with Crippen LogP contribution in [0, 0.1) is 0 Å². The highest BCUT2D eigenvalue weighted by molar-refractivity contribution is 9.09. The minimum Gasteiger partial charge on any atom is -0.467 e. The molecular weight excluding hydrogens is 148 g/mol. The summed E-state index contributed by atoms with van der Waals surface area (Å²) >= 11 is 3.07. The third-order valence-electron chi connectivity index (χ3n) is 0.263. The molecule has 0 saturated carbocycles. The number of carbonyl (C=O) groups is 1. The number of ether oxygens (including phenoxy) is 1. The van der Waals surface area contributed by atoms with Crippen LogP contribution in [0.15, 0.2) is 0 Å². The molecule has 0 radical (unpaired) electrons. The van der Waals surface area contributed by atoms with E-state index >= 15 is 0 Å². The van der Waals surface area contributed by atoms with Crippen LogP contribution in [-0.2, 0) is 9.53 Å². The fourth-order valence-corrected chi connectivity index (χ4v) is 0.280. The van der Waals surface area contributed by atoms with E-state index in [-0.39, 0.29) is 0 Å². The number of rotatable bonds is 3. The van der Waals surface area contributed by atoms with Crippen molar-refractivity contribution >= 4 is 22.4 Å². The van der Waals surface area contributed by atoms with Crippen molar-refractivity contribution in [1.29, 1.82) is 0 Å². The predicted octanol–water partition coefficient (Wildman–Crippen LogP) is 0.554. The van der Waals surface area contributed by atoms with E-state index in [0.29, 0.717) is 18.4 Å². The summed E-state index contributed by atoms with van der Waals surface area (Å²) in [5.41, 5.74) is 0. The van der Waals surface area contributed by atoms with Crippen LogP contribution >= 0.6 is 15.9 Å². The zero-order valence-electron chi connectivity index (χ0n) is 3.19. The minimum atomic E-state index is 0.432. The molecule has 2 nitrogen and oxygen atoms in total. The molecular formula is C3H5BrO2. The molecule has 0 aromatic rings. The summed E-state index contributed by atoms with van der Waals surface area (Å²) < 4.78 is 4.26. The Hall–Kier alpha value is -0.0500. The molecule has 0 aliphatic heterocycles. The Kier molecular flexibility index (Phi) is 4.91. The van der Waals surface area contributed by atoms with Crippen molar-refractivity contribution in [3.05, 3.63) is 0 Å². The van der Waals surface area contributed by atoms with E-state index < -0.39 is 0 Å². The zero-order valence-corrected chi connectivity index (χ0v) is 4.77. The fraction of sp³-hybridized carbons (Fsp3) is 0.667. The average Bonchev–Trinajstić information content (AvgIpc) is 1.61. The van der Waals surface area contributed by atoms with Crippen molar-refractivity contribution in [1.82, 2.24) is 0 Å². The Bertz CT molecular complexity index is 37.8. The summed E-state index contributed by atoms with van der Waals surface area (Å²) in [6, 6.07) is 0. The molecule has 3 heteroatoms. The summed E-state index contributed by atoms with van der Waals surface area (Å²) in [5.74, 6) is 0. The van der Waals surface area contributed by atoms with Gasteiger partial charge in [-0.15, -0.1) is 0 Å².